The van der Waals surface area contributed by atoms with Gasteiger partial charge in [0.2, 0.25) is 11.8 Å². The summed E-state index contributed by atoms with van der Waals surface area (Å²) >= 11 is 0. The summed E-state index contributed by atoms with van der Waals surface area (Å²) in [5.41, 5.74) is 3.38. The van der Waals surface area contributed by atoms with Gasteiger partial charge in [0, 0.05) is 17.3 Å². The van der Waals surface area contributed by atoms with Gasteiger partial charge < -0.3 is 19.5 Å². The summed E-state index contributed by atoms with van der Waals surface area (Å²) in [6.45, 7) is 0.0536. The summed E-state index contributed by atoms with van der Waals surface area (Å²) in [6.07, 6.45) is 6.21. The molecule has 0 spiro atoms. The SMILES string of the molecule is C#CCOc1c(C=NNC(=O)CC(=O)Nc2cccc(OC)c2)cccc1OC. The summed E-state index contributed by atoms with van der Waals surface area (Å²) < 4.78 is 15.8. The molecule has 0 aliphatic rings. The van der Waals surface area contributed by atoms with Crippen molar-refractivity contribution in [2.24, 2.45) is 5.10 Å². The lowest BCUT2D eigenvalue weighted by molar-refractivity contribution is -0.126. The van der Waals surface area contributed by atoms with Crippen molar-refractivity contribution < 1.29 is 23.8 Å². The van der Waals surface area contributed by atoms with Gasteiger partial charge in [-0.3, -0.25) is 9.59 Å². The third-order valence-electron chi connectivity index (χ3n) is 3.60. The van der Waals surface area contributed by atoms with Gasteiger partial charge in [-0.25, -0.2) is 5.43 Å². The number of methoxy groups -OCH3 is 2. The predicted octanol–water partition coefficient (Wildman–Crippen LogP) is 2.19. The first-order valence-electron chi connectivity index (χ1n) is 8.56. The number of amides is 2. The van der Waals surface area contributed by atoms with E-state index in [9.17, 15) is 9.59 Å². The minimum absolute atomic E-state index is 0.0536. The maximum Gasteiger partial charge on any atom is 0.249 e. The topological polar surface area (TPSA) is 98.2 Å². The van der Waals surface area contributed by atoms with Gasteiger partial charge in [-0.15, -0.1) is 6.42 Å². The van der Waals surface area contributed by atoms with Gasteiger partial charge in [0.25, 0.3) is 0 Å². The Kier molecular flexibility index (Phi) is 8.08. The highest BCUT2D eigenvalue weighted by Crippen LogP contribution is 2.29. The highest BCUT2D eigenvalue weighted by Gasteiger charge is 2.11. The molecule has 0 aromatic heterocycles. The van der Waals surface area contributed by atoms with Crippen molar-refractivity contribution in [3.05, 3.63) is 48.0 Å². The molecule has 150 valence electrons. The van der Waals surface area contributed by atoms with E-state index in [-0.39, 0.29) is 6.61 Å². The standard InChI is InChI=1S/C21H21N3O5/c1-4-11-29-21-15(7-5-10-18(21)28-3)14-22-24-20(26)13-19(25)23-16-8-6-9-17(12-16)27-2/h1,5-10,12,14H,11,13H2,2-3H3,(H,23,25)(H,24,26). The molecule has 8 nitrogen and oxygen atoms in total. The molecule has 0 heterocycles. The van der Waals surface area contributed by atoms with Crippen molar-refractivity contribution in [2.75, 3.05) is 26.1 Å². The van der Waals surface area contributed by atoms with E-state index in [4.69, 9.17) is 20.6 Å². The maximum atomic E-state index is 12.0. The second kappa shape index (κ2) is 11.0. The molecule has 0 atom stereocenters. The number of nitrogens with zero attached hydrogens (tertiary/aromatic N) is 1. The van der Waals surface area contributed by atoms with E-state index >= 15 is 0 Å². The number of rotatable bonds is 9. The first kappa shape index (κ1) is 21.3. The number of ether oxygens (including phenoxy) is 3. The quantitative estimate of drug-likeness (QED) is 0.294. The third kappa shape index (κ3) is 6.59. The minimum Gasteiger partial charge on any atom is -0.497 e. The van der Waals surface area contributed by atoms with Crippen LogP contribution in [0.25, 0.3) is 0 Å². The van der Waals surface area contributed by atoms with Crippen molar-refractivity contribution in [2.45, 2.75) is 6.42 Å². The lowest BCUT2D eigenvalue weighted by Gasteiger charge is -2.11. The van der Waals surface area contributed by atoms with Crippen LogP contribution in [0.3, 0.4) is 0 Å². The Bertz CT molecular complexity index is 934. The van der Waals surface area contributed by atoms with Crippen molar-refractivity contribution in [3.8, 4) is 29.6 Å². The molecule has 2 rings (SSSR count). The van der Waals surface area contributed by atoms with Gasteiger partial charge in [-0.05, 0) is 24.3 Å². The number of para-hydroxylation sites is 1. The summed E-state index contributed by atoms with van der Waals surface area (Å²) in [4.78, 5) is 23.9. The summed E-state index contributed by atoms with van der Waals surface area (Å²) in [5.74, 6) is 2.80. The number of benzene rings is 2. The molecule has 29 heavy (non-hydrogen) atoms. The molecule has 2 aromatic rings. The fourth-order valence-corrected chi connectivity index (χ4v) is 2.33. The maximum absolute atomic E-state index is 12.0. The van der Waals surface area contributed by atoms with Crippen LogP contribution in [0.2, 0.25) is 0 Å². The molecule has 2 amide bonds. The Labute approximate surface area is 168 Å². The lowest BCUT2D eigenvalue weighted by Crippen LogP contribution is -2.24. The molecule has 0 fully saturated rings. The van der Waals surface area contributed by atoms with Crippen molar-refractivity contribution in [1.29, 1.82) is 0 Å². The van der Waals surface area contributed by atoms with E-state index < -0.39 is 18.2 Å². The van der Waals surface area contributed by atoms with Gasteiger partial charge in [-0.2, -0.15) is 5.10 Å². The second-order valence-corrected chi connectivity index (χ2v) is 5.62. The smallest absolute Gasteiger partial charge is 0.249 e. The van der Waals surface area contributed by atoms with Crippen LogP contribution in [0, 0.1) is 12.3 Å². The van der Waals surface area contributed by atoms with Crippen molar-refractivity contribution >= 4 is 23.7 Å². The fraction of sp³-hybridized carbons (Fsp3) is 0.190. The highest BCUT2D eigenvalue weighted by molar-refractivity contribution is 6.03. The van der Waals surface area contributed by atoms with Crippen LogP contribution >= 0.6 is 0 Å². The monoisotopic (exact) mass is 395 g/mol. The fourth-order valence-electron chi connectivity index (χ4n) is 2.33. The van der Waals surface area contributed by atoms with Crippen LogP contribution in [-0.4, -0.2) is 38.9 Å². The van der Waals surface area contributed by atoms with Crippen LogP contribution < -0.4 is 25.0 Å². The molecule has 0 bridgehead atoms. The molecule has 0 radical (unpaired) electrons. The molecule has 2 aromatic carbocycles. The van der Waals surface area contributed by atoms with Crippen LogP contribution in [0.4, 0.5) is 5.69 Å². The highest BCUT2D eigenvalue weighted by atomic mass is 16.5. The average molecular weight is 395 g/mol. The predicted molar refractivity (Wildman–Crippen MR) is 109 cm³/mol. The first-order chi connectivity index (χ1) is 14.1. The van der Waals surface area contributed by atoms with Crippen molar-refractivity contribution in [3.63, 3.8) is 0 Å². The Balaban J connectivity index is 1.94. The second-order valence-electron chi connectivity index (χ2n) is 5.62. The minimum atomic E-state index is -0.573. The largest absolute Gasteiger partial charge is 0.497 e. The number of carbonyl (C=O) groups excluding carboxylic acids is 2. The zero-order chi connectivity index (χ0) is 21.1. The number of hydrogen-bond donors (Lipinski definition) is 2. The van der Waals surface area contributed by atoms with Crippen LogP contribution in [0.5, 0.6) is 17.2 Å². The van der Waals surface area contributed by atoms with E-state index in [0.29, 0.717) is 28.5 Å². The Morgan fingerprint density at radius 2 is 1.93 bits per heavy atom. The molecule has 0 unspecified atom stereocenters. The molecule has 0 aliphatic heterocycles. The van der Waals surface area contributed by atoms with Gasteiger partial charge in [0.1, 0.15) is 18.8 Å². The Hall–Kier alpha value is -3.99. The molecule has 0 saturated carbocycles. The molecule has 8 heteroatoms. The van der Waals surface area contributed by atoms with Gasteiger partial charge in [0.05, 0.1) is 20.4 Å². The number of hydrogen-bond acceptors (Lipinski definition) is 6. The first-order valence-corrected chi connectivity index (χ1v) is 8.56. The molecular formula is C21H21N3O5. The van der Waals surface area contributed by atoms with E-state index in [1.54, 1.807) is 42.5 Å². The normalized spacial score (nSPS) is 10.1. The molecule has 0 saturated heterocycles. The third-order valence-corrected chi connectivity index (χ3v) is 3.60. The van der Waals surface area contributed by atoms with Crippen molar-refractivity contribution in [1.82, 2.24) is 5.43 Å². The number of terminal acetylenes is 1. The number of carbonyl (C=O) groups is 2. The number of anilines is 1. The number of nitrogens with one attached hydrogen (secondary N) is 2. The van der Waals surface area contributed by atoms with Crippen LogP contribution in [0.15, 0.2) is 47.6 Å². The van der Waals surface area contributed by atoms with Gasteiger partial charge in [-0.1, -0.05) is 18.1 Å². The molecular weight excluding hydrogens is 374 g/mol. The average Bonchev–Trinajstić information content (AvgIpc) is 2.72. The van der Waals surface area contributed by atoms with Crippen LogP contribution in [0.1, 0.15) is 12.0 Å². The summed E-state index contributed by atoms with van der Waals surface area (Å²) in [5, 5.41) is 6.48. The zero-order valence-electron chi connectivity index (χ0n) is 16.1. The number of hydrazone groups is 1. The Morgan fingerprint density at radius 3 is 2.66 bits per heavy atom. The van der Waals surface area contributed by atoms with E-state index in [0.717, 1.165) is 0 Å². The van der Waals surface area contributed by atoms with E-state index in [1.165, 1.54) is 20.4 Å². The summed E-state index contributed by atoms with van der Waals surface area (Å²) in [7, 11) is 3.03. The molecule has 2 N–H and O–H groups in total. The molecule has 0 aliphatic carbocycles. The van der Waals surface area contributed by atoms with E-state index in [1.807, 2.05) is 0 Å². The van der Waals surface area contributed by atoms with Gasteiger partial charge in [0.15, 0.2) is 11.5 Å². The zero-order valence-corrected chi connectivity index (χ0v) is 16.1. The lowest BCUT2D eigenvalue weighted by atomic mass is 10.2. The Morgan fingerprint density at radius 1 is 1.14 bits per heavy atom. The van der Waals surface area contributed by atoms with Crippen LogP contribution in [-0.2, 0) is 9.59 Å². The van der Waals surface area contributed by atoms with E-state index in [2.05, 4.69) is 21.8 Å². The van der Waals surface area contributed by atoms with Gasteiger partial charge >= 0.3 is 0 Å². The summed E-state index contributed by atoms with van der Waals surface area (Å²) in [6, 6.07) is 12.0.